The Labute approximate surface area is 162 Å². The first-order valence-corrected chi connectivity index (χ1v) is 9.59. The van der Waals surface area contributed by atoms with Crippen LogP contribution in [0, 0.1) is 12.3 Å². The number of hydrogen-bond acceptors (Lipinski definition) is 5. The molecule has 2 amide bonds. The Kier molecular flexibility index (Phi) is 5.15. The molecule has 1 aliphatic rings. The zero-order chi connectivity index (χ0) is 19.8. The van der Waals surface area contributed by atoms with Gasteiger partial charge in [-0.1, -0.05) is 26.8 Å². The molecule has 3 rings (SSSR count). The number of hydrogen-bond donors (Lipinski definition) is 2. The summed E-state index contributed by atoms with van der Waals surface area (Å²) in [7, 11) is 0. The van der Waals surface area contributed by atoms with E-state index in [1.54, 1.807) is 0 Å². The molecular weight excluding hydrogens is 364 g/mol. The fourth-order valence-electron chi connectivity index (χ4n) is 2.60. The number of amides is 2. The van der Waals surface area contributed by atoms with Gasteiger partial charge in [0.15, 0.2) is 11.5 Å². The lowest BCUT2D eigenvalue weighted by Crippen LogP contribution is -2.27. The Hall–Kier alpha value is -2.54. The smallest absolute Gasteiger partial charge is 0.262 e. The second kappa shape index (κ2) is 7.23. The molecule has 27 heavy (non-hydrogen) atoms. The topological polar surface area (TPSA) is 76.7 Å². The molecule has 2 N–H and O–H groups in total. The van der Waals surface area contributed by atoms with Gasteiger partial charge in [0.2, 0.25) is 12.7 Å². The lowest BCUT2D eigenvalue weighted by atomic mass is 9.96. The van der Waals surface area contributed by atoms with Crippen molar-refractivity contribution in [2.24, 2.45) is 5.41 Å². The molecular formula is C20H24N2O4S. The molecule has 1 atom stereocenters. The molecule has 0 saturated carbocycles. The van der Waals surface area contributed by atoms with Crippen molar-refractivity contribution < 1.29 is 19.1 Å². The molecule has 0 radical (unpaired) electrons. The molecule has 2 heterocycles. The first-order chi connectivity index (χ1) is 12.6. The molecule has 6 nitrogen and oxygen atoms in total. The summed E-state index contributed by atoms with van der Waals surface area (Å²) < 4.78 is 10.7. The van der Waals surface area contributed by atoms with E-state index in [1.807, 2.05) is 58.9 Å². The lowest BCUT2D eigenvalue weighted by molar-refractivity contribution is -0.123. The zero-order valence-electron chi connectivity index (χ0n) is 16.1. The van der Waals surface area contributed by atoms with Crippen molar-refractivity contribution in [1.29, 1.82) is 0 Å². The van der Waals surface area contributed by atoms with Crippen molar-refractivity contribution >= 4 is 28.2 Å². The van der Waals surface area contributed by atoms with Crippen LogP contribution in [0.5, 0.6) is 11.5 Å². The highest BCUT2D eigenvalue weighted by molar-refractivity contribution is 7.18. The van der Waals surface area contributed by atoms with Crippen molar-refractivity contribution in [3.63, 3.8) is 0 Å². The maximum Gasteiger partial charge on any atom is 0.262 e. The molecule has 7 heteroatoms. The van der Waals surface area contributed by atoms with Crippen LogP contribution < -0.4 is 20.1 Å². The minimum Gasteiger partial charge on any atom is -0.454 e. The van der Waals surface area contributed by atoms with Gasteiger partial charge in [0.05, 0.1) is 15.9 Å². The van der Waals surface area contributed by atoms with Crippen LogP contribution in [0.25, 0.3) is 0 Å². The quantitative estimate of drug-likeness (QED) is 0.820. The summed E-state index contributed by atoms with van der Waals surface area (Å²) >= 11 is 1.28. The number of anilines is 1. The van der Waals surface area contributed by atoms with E-state index in [-0.39, 0.29) is 24.6 Å². The lowest BCUT2D eigenvalue weighted by Gasteiger charge is -2.16. The molecule has 0 fully saturated rings. The standard InChI is InChI=1S/C20H24N2O4S/c1-11-8-16(22-19(24)20(3,4)5)27-17(11)18(23)21-12(2)13-6-7-14-15(9-13)26-10-25-14/h6-9,12H,10H2,1-5H3,(H,21,23)(H,22,24). The van der Waals surface area contributed by atoms with Gasteiger partial charge in [-0.15, -0.1) is 11.3 Å². The minimum atomic E-state index is -0.492. The van der Waals surface area contributed by atoms with Crippen LogP contribution in [-0.4, -0.2) is 18.6 Å². The summed E-state index contributed by atoms with van der Waals surface area (Å²) in [4.78, 5) is 25.5. The molecule has 1 aliphatic heterocycles. The first-order valence-electron chi connectivity index (χ1n) is 8.77. The van der Waals surface area contributed by atoms with Gasteiger partial charge in [-0.05, 0) is 43.2 Å². The predicted molar refractivity (Wildman–Crippen MR) is 106 cm³/mol. The number of thiophene rings is 1. The van der Waals surface area contributed by atoms with Crippen LogP contribution >= 0.6 is 11.3 Å². The number of aryl methyl sites for hydroxylation is 1. The van der Waals surface area contributed by atoms with Crippen LogP contribution in [0.2, 0.25) is 0 Å². The molecule has 0 saturated heterocycles. The Morgan fingerprint density at radius 3 is 2.56 bits per heavy atom. The maximum atomic E-state index is 12.7. The average Bonchev–Trinajstić information content (AvgIpc) is 3.19. The monoisotopic (exact) mass is 388 g/mol. The Morgan fingerprint density at radius 2 is 1.85 bits per heavy atom. The molecule has 0 aliphatic carbocycles. The Bertz CT molecular complexity index is 883. The summed E-state index contributed by atoms with van der Waals surface area (Å²) in [6, 6.07) is 7.27. The number of carbonyl (C=O) groups excluding carboxylic acids is 2. The van der Waals surface area contributed by atoms with Gasteiger partial charge < -0.3 is 20.1 Å². The normalized spacial score (nSPS) is 14.0. The largest absolute Gasteiger partial charge is 0.454 e. The highest BCUT2D eigenvalue weighted by Crippen LogP contribution is 2.34. The fraction of sp³-hybridized carbons (Fsp3) is 0.400. The van der Waals surface area contributed by atoms with Gasteiger partial charge in [-0.2, -0.15) is 0 Å². The van der Waals surface area contributed by atoms with Crippen LogP contribution in [0.1, 0.15) is 54.5 Å². The third kappa shape index (κ3) is 4.24. The summed E-state index contributed by atoms with van der Waals surface area (Å²) in [6.07, 6.45) is 0. The van der Waals surface area contributed by atoms with Crippen LogP contribution in [0.4, 0.5) is 5.00 Å². The Morgan fingerprint density at radius 1 is 1.15 bits per heavy atom. The maximum absolute atomic E-state index is 12.7. The molecule has 1 aromatic heterocycles. The van der Waals surface area contributed by atoms with E-state index >= 15 is 0 Å². The summed E-state index contributed by atoms with van der Waals surface area (Å²) in [6.45, 7) is 9.55. The van der Waals surface area contributed by atoms with E-state index in [1.165, 1.54) is 11.3 Å². The van der Waals surface area contributed by atoms with Crippen LogP contribution in [0.3, 0.4) is 0 Å². The molecule has 2 aromatic rings. The van der Waals surface area contributed by atoms with Gasteiger partial charge >= 0.3 is 0 Å². The van der Waals surface area contributed by atoms with E-state index in [2.05, 4.69) is 10.6 Å². The van der Waals surface area contributed by atoms with Gasteiger partial charge in [-0.3, -0.25) is 9.59 Å². The predicted octanol–water partition coefficient (Wildman–Crippen LogP) is 4.26. The number of ether oxygens (including phenoxy) is 2. The van der Waals surface area contributed by atoms with Gasteiger partial charge in [0.25, 0.3) is 5.91 Å². The summed E-state index contributed by atoms with van der Waals surface area (Å²) in [5.41, 5.74) is 1.27. The van der Waals surface area contributed by atoms with Crippen molar-refractivity contribution in [2.75, 3.05) is 12.1 Å². The minimum absolute atomic E-state index is 0.0792. The summed E-state index contributed by atoms with van der Waals surface area (Å²) in [5, 5.41) is 6.56. The number of carbonyl (C=O) groups is 2. The van der Waals surface area contributed by atoms with E-state index < -0.39 is 5.41 Å². The fourth-order valence-corrected chi connectivity index (χ4v) is 3.57. The molecule has 1 unspecified atom stereocenters. The second-order valence-electron chi connectivity index (χ2n) is 7.63. The van der Waals surface area contributed by atoms with Gasteiger partial charge in [0.1, 0.15) is 0 Å². The summed E-state index contributed by atoms with van der Waals surface area (Å²) in [5.74, 6) is 1.15. The molecule has 0 spiro atoms. The number of rotatable bonds is 4. The number of fused-ring (bicyclic) bond motifs is 1. The zero-order valence-corrected chi connectivity index (χ0v) is 17.0. The number of nitrogens with one attached hydrogen (secondary N) is 2. The Balaban J connectivity index is 1.70. The SMILES string of the molecule is Cc1cc(NC(=O)C(C)(C)C)sc1C(=O)NC(C)c1ccc2c(c1)OCO2. The molecule has 144 valence electrons. The van der Waals surface area contributed by atoms with Crippen molar-refractivity contribution in [1.82, 2.24) is 5.32 Å². The van der Waals surface area contributed by atoms with Crippen molar-refractivity contribution in [3.05, 3.63) is 40.3 Å². The second-order valence-corrected chi connectivity index (χ2v) is 8.69. The van der Waals surface area contributed by atoms with Crippen molar-refractivity contribution in [3.8, 4) is 11.5 Å². The van der Waals surface area contributed by atoms with E-state index in [0.29, 0.717) is 21.4 Å². The highest BCUT2D eigenvalue weighted by Gasteiger charge is 2.24. The van der Waals surface area contributed by atoms with E-state index in [4.69, 9.17) is 9.47 Å². The molecule has 0 bridgehead atoms. The highest BCUT2D eigenvalue weighted by atomic mass is 32.1. The average molecular weight is 388 g/mol. The van der Waals surface area contributed by atoms with Crippen molar-refractivity contribution in [2.45, 2.75) is 40.7 Å². The van der Waals surface area contributed by atoms with Crippen LogP contribution in [0.15, 0.2) is 24.3 Å². The van der Waals surface area contributed by atoms with Crippen LogP contribution in [-0.2, 0) is 4.79 Å². The van der Waals surface area contributed by atoms with E-state index in [0.717, 1.165) is 11.1 Å². The molecule has 1 aromatic carbocycles. The third-order valence-corrected chi connectivity index (χ3v) is 5.44. The van der Waals surface area contributed by atoms with E-state index in [9.17, 15) is 9.59 Å². The third-order valence-electron chi connectivity index (χ3n) is 4.29. The van der Waals surface area contributed by atoms with Gasteiger partial charge in [0, 0.05) is 5.41 Å². The first kappa shape index (κ1) is 19.2. The van der Waals surface area contributed by atoms with Gasteiger partial charge in [-0.25, -0.2) is 0 Å². The number of benzene rings is 1.